The molecule has 0 aliphatic carbocycles. The number of nitrogens with zero attached hydrogens (tertiary/aromatic N) is 4. The minimum absolute atomic E-state index is 0. The van der Waals surface area contributed by atoms with E-state index < -0.39 is 60.4 Å². The molecule has 0 unspecified atom stereocenters. The van der Waals surface area contributed by atoms with Gasteiger partial charge in [0.25, 0.3) is 6.33 Å². The number of rotatable bonds is 10. The van der Waals surface area contributed by atoms with Gasteiger partial charge in [-0.25, -0.2) is 4.98 Å². The third-order valence-corrected chi connectivity index (χ3v) is 14.5. The van der Waals surface area contributed by atoms with E-state index in [2.05, 4.69) is 140 Å². The molecule has 3 heterocycles. The number of fused-ring (bicyclic) bond motifs is 4. The third kappa shape index (κ3) is 9.44. The number of benzene rings is 9. The van der Waals surface area contributed by atoms with Crippen molar-refractivity contribution >= 4 is 55.9 Å². The van der Waals surface area contributed by atoms with Gasteiger partial charge in [0.1, 0.15) is 5.82 Å². The van der Waals surface area contributed by atoms with E-state index in [1.165, 1.54) is 0 Å². The van der Waals surface area contributed by atoms with Crippen LogP contribution in [0.5, 0.6) is 11.5 Å². The second-order valence-electron chi connectivity index (χ2n) is 20.9. The van der Waals surface area contributed by atoms with Gasteiger partial charge in [0, 0.05) is 44.3 Å². The van der Waals surface area contributed by atoms with Crippen LogP contribution in [0, 0.1) is 60.0 Å². The molecule has 5 nitrogen and oxygen atoms in total. The Bertz CT molecular complexity index is 4590. The van der Waals surface area contributed by atoms with Crippen LogP contribution in [0.1, 0.15) is 73.4 Å². The molecule has 0 saturated carbocycles. The van der Waals surface area contributed by atoms with Crippen LogP contribution < -0.4 is 25.7 Å². The van der Waals surface area contributed by atoms with E-state index in [1.54, 1.807) is 22.8 Å². The average Bonchev–Trinajstić information content (AvgIpc) is 1.80. The first kappa shape index (κ1) is 40.2. The maximum atomic E-state index is 9.27. The number of aromatic nitrogens is 4. The van der Waals surface area contributed by atoms with Crippen LogP contribution in [-0.4, -0.2) is 20.8 Å². The van der Waals surface area contributed by atoms with E-state index in [9.17, 15) is 5.48 Å². The molecule has 0 aliphatic rings. The molecule has 0 N–H and O–H groups in total. The Morgan fingerprint density at radius 1 is 0.584 bits per heavy atom. The van der Waals surface area contributed by atoms with Gasteiger partial charge in [-0.3, -0.25) is 4.57 Å². The van der Waals surface area contributed by atoms with Crippen molar-refractivity contribution in [3.63, 3.8) is 0 Å². The van der Waals surface area contributed by atoms with Gasteiger partial charge in [-0.15, -0.1) is 29.7 Å². The smallest absolute Gasteiger partial charge is 0.268 e. The van der Waals surface area contributed by atoms with Crippen molar-refractivity contribution in [1.82, 2.24) is 14.1 Å². The largest absolute Gasteiger partial charge is 0.510 e. The second-order valence-corrected chi connectivity index (χ2v) is 20.9. The number of hydrogen-bond acceptors (Lipinski definition) is 2. The molecule has 77 heavy (non-hydrogen) atoms. The van der Waals surface area contributed by atoms with Crippen LogP contribution >= 0.6 is 0 Å². The van der Waals surface area contributed by atoms with E-state index in [0.717, 1.165) is 83.0 Å². The summed E-state index contributed by atoms with van der Waals surface area (Å²) in [5.41, 5.74) is 14.3. The molecule has 0 radical (unpaired) electrons. The fraction of sp³-hybridized carbons (Fsp3) is 0.143. The Kier molecular flexibility index (Phi) is 10.7. The van der Waals surface area contributed by atoms with Crippen LogP contribution in [0.15, 0.2) is 194 Å². The number of pyridine rings is 1. The monoisotopic (exact) mass is 1190 g/mol. The summed E-state index contributed by atoms with van der Waals surface area (Å²) in [5, 5.41) is 2.00. The van der Waals surface area contributed by atoms with Gasteiger partial charge in [-0.1, -0.05) is 216 Å². The van der Waals surface area contributed by atoms with Gasteiger partial charge in [0.15, 0.2) is 0 Å². The Balaban J connectivity index is 0.00000784. The molecule has 380 valence electrons. The molecule has 7 heteroatoms. The number of imidazole rings is 1. The summed E-state index contributed by atoms with van der Waals surface area (Å²) in [5.74, 6) is 1.52. The Morgan fingerprint density at radius 3 is 1.78 bits per heavy atom. The zero-order valence-corrected chi connectivity index (χ0v) is 46.6. The summed E-state index contributed by atoms with van der Waals surface area (Å²) < 4.78 is 102. The van der Waals surface area contributed by atoms with Crippen LogP contribution in [0.4, 0.5) is 0 Å². The first-order valence-electron chi connectivity index (χ1n) is 30.5. The van der Waals surface area contributed by atoms with E-state index in [0.29, 0.717) is 28.2 Å². The number of para-hydroxylation sites is 4. The third-order valence-electron chi connectivity index (χ3n) is 14.5. The first-order valence-corrected chi connectivity index (χ1v) is 25.5. The molecular formula is C70H59BN4OPt-2. The molecule has 0 amide bonds. The number of aryl methyl sites for hydroxylation is 6. The predicted octanol–water partition coefficient (Wildman–Crippen LogP) is 14.6. The molecule has 0 spiro atoms. The van der Waals surface area contributed by atoms with E-state index in [-0.39, 0.29) is 61.1 Å². The Hall–Kier alpha value is -8.05. The molecule has 0 fully saturated rings. The molecule has 0 atom stereocenters. The fourth-order valence-corrected chi connectivity index (χ4v) is 11.3. The molecule has 12 rings (SSSR count). The average molecular weight is 1190 g/mol. The van der Waals surface area contributed by atoms with Crippen LogP contribution in [0.2, 0.25) is 0 Å². The van der Waals surface area contributed by atoms with Gasteiger partial charge >= 0.3 is 0 Å². The molecule has 12 aromatic rings. The Labute approximate surface area is 481 Å². The Morgan fingerprint density at radius 2 is 1.17 bits per heavy atom. The van der Waals surface area contributed by atoms with Crippen molar-refractivity contribution in [2.45, 2.75) is 67.7 Å². The van der Waals surface area contributed by atoms with Gasteiger partial charge in [-0.2, -0.15) is 17.6 Å². The molecule has 0 saturated heterocycles. The van der Waals surface area contributed by atoms with Gasteiger partial charge in [-0.05, 0) is 104 Å². The van der Waals surface area contributed by atoms with Gasteiger partial charge in [0.2, 0.25) is 6.71 Å². The minimum Gasteiger partial charge on any atom is -0.510 e. The van der Waals surface area contributed by atoms with Crippen molar-refractivity contribution < 1.29 is 44.1 Å². The summed E-state index contributed by atoms with van der Waals surface area (Å²) in [6.07, 6.45) is 5.45. The summed E-state index contributed by atoms with van der Waals surface area (Å²) in [7, 11) is 0. The summed E-state index contributed by atoms with van der Waals surface area (Å²) in [4.78, 5) is 4.92. The zero-order valence-electron chi connectivity index (χ0n) is 54.3. The summed E-state index contributed by atoms with van der Waals surface area (Å²) in [6, 6.07) is 43.6. The van der Waals surface area contributed by atoms with Crippen molar-refractivity contribution in [3.05, 3.63) is 251 Å². The van der Waals surface area contributed by atoms with Crippen LogP contribution in [-0.2, 0) is 26.5 Å². The van der Waals surface area contributed by atoms with Crippen molar-refractivity contribution in [3.8, 4) is 50.9 Å². The van der Waals surface area contributed by atoms with Crippen LogP contribution in [0.25, 0.3) is 72.3 Å². The first-order chi connectivity index (χ1) is 40.9. The van der Waals surface area contributed by atoms with Gasteiger partial charge < -0.3 is 13.9 Å². The van der Waals surface area contributed by atoms with E-state index in [4.69, 9.17) is 17.9 Å². The minimum atomic E-state index is -0.579. The normalized spacial score (nSPS) is 13.4. The fourth-order valence-electron chi connectivity index (χ4n) is 11.3. The maximum absolute atomic E-state index is 9.27. The second kappa shape index (κ2) is 20.5. The quantitative estimate of drug-likeness (QED) is 0.0777. The van der Waals surface area contributed by atoms with Gasteiger partial charge in [0.05, 0.1) is 30.4 Å². The molecular weight excluding hydrogens is 1120 g/mol. The number of hydrogen-bond donors (Lipinski definition) is 0. The molecule has 3 aromatic heterocycles. The van der Waals surface area contributed by atoms with Crippen molar-refractivity contribution in [2.24, 2.45) is 0 Å². The van der Waals surface area contributed by atoms with E-state index >= 15 is 0 Å². The van der Waals surface area contributed by atoms with Crippen LogP contribution in [0.3, 0.4) is 0 Å². The summed E-state index contributed by atoms with van der Waals surface area (Å²) in [6.45, 7) is 19.0. The summed E-state index contributed by atoms with van der Waals surface area (Å²) >= 11 is 0. The SMILES string of the molecule is [2H]c1c([2H])c([2H])c(-c2cccc(-c3c([2H])c([2H])c([2H])c([2H])c3[2H])c2-[n+]2[c-]n(-c3[c-]c(Oc4[c-]c5c(cc4)c4ccccc4n5-c4cc(C(C)(C)C)ccn4)cc(B(c4c(C)cc(C)cc4C)c4c(C)cc(C)cc4C)c3)c3ccccc32)c([2H])c1[2H].[Pt]. The molecule has 0 aliphatic heterocycles. The molecule has 9 aromatic carbocycles. The predicted molar refractivity (Wildman–Crippen MR) is 315 cm³/mol. The maximum Gasteiger partial charge on any atom is 0.268 e. The zero-order chi connectivity index (χ0) is 61.1. The van der Waals surface area contributed by atoms with Crippen molar-refractivity contribution in [1.29, 1.82) is 0 Å². The topological polar surface area (TPSA) is 35.9 Å². The van der Waals surface area contributed by atoms with E-state index in [1.807, 2.05) is 65.4 Å². The number of ether oxygens (including phenoxy) is 1. The standard InChI is InChI=1S/C70H59BN4O.Pt/c1-45-35-47(3)67(48(4)36-45)71(68-49(5)37-46(2)38-50(68)6)54-40-55(42-57(41-54)76-56-31-32-61-60-25-16-17-28-62(60)75(65(61)43-56)66-39-53(33-34-72-66)70(7,8)9)73-44-74(64-30-19-18-29-63(64)73)69-58(51-21-12-10-13-22-51)26-20-27-59(69)52-23-14-11-15-24-52;/h10-41H,1-9H3;/q-2;/i10D,11D,12D,13D,14D,15D,21D,22D,23D,24D;. The molecule has 0 bridgehead atoms. The van der Waals surface area contributed by atoms with Crippen molar-refractivity contribution in [2.75, 3.05) is 0 Å².